The van der Waals surface area contributed by atoms with Crippen LogP contribution in [-0.2, 0) is 0 Å². The van der Waals surface area contributed by atoms with E-state index in [1.54, 1.807) is 11.0 Å². The number of aromatic nitrogens is 2. The first-order valence-electron chi connectivity index (χ1n) is 6.43. The molecule has 8 heteroatoms. The van der Waals surface area contributed by atoms with Gasteiger partial charge < -0.3 is 4.90 Å². The third kappa shape index (κ3) is 3.96. The van der Waals surface area contributed by atoms with Gasteiger partial charge in [-0.3, -0.25) is 14.8 Å². The average Bonchev–Trinajstić information content (AvgIpc) is 2.79. The van der Waals surface area contributed by atoms with E-state index >= 15 is 0 Å². The molecule has 5 nitrogen and oxygen atoms in total. The molecule has 1 aliphatic rings. The summed E-state index contributed by atoms with van der Waals surface area (Å²) in [6, 6.07) is 1.56. The highest BCUT2D eigenvalue weighted by molar-refractivity contribution is 5.92. The zero-order valence-electron chi connectivity index (χ0n) is 11.2. The van der Waals surface area contributed by atoms with Crippen molar-refractivity contribution in [2.75, 3.05) is 32.7 Å². The van der Waals surface area contributed by atoms with Gasteiger partial charge in [0.25, 0.3) is 5.91 Å². The molecule has 20 heavy (non-hydrogen) atoms. The fraction of sp³-hybridized carbons (Fsp3) is 0.667. The zero-order valence-corrected chi connectivity index (χ0v) is 11.2. The molecule has 1 N–H and O–H groups in total. The predicted octanol–water partition coefficient (Wildman–Crippen LogP) is 1.37. The number of carbonyl (C=O) groups excluding carboxylic acids is 1. The minimum Gasteiger partial charge on any atom is -0.336 e. The van der Waals surface area contributed by atoms with E-state index in [-0.39, 0.29) is 24.9 Å². The van der Waals surface area contributed by atoms with Gasteiger partial charge in [-0.25, -0.2) is 0 Å². The summed E-state index contributed by atoms with van der Waals surface area (Å²) < 4.78 is 37.3. The monoisotopic (exact) mass is 290 g/mol. The summed E-state index contributed by atoms with van der Waals surface area (Å²) in [5.74, 6) is -0.227. The van der Waals surface area contributed by atoms with Crippen LogP contribution in [-0.4, -0.2) is 64.8 Å². The highest BCUT2D eigenvalue weighted by Gasteiger charge is 2.33. The van der Waals surface area contributed by atoms with Crippen molar-refractivity contribution in [2.45, 2.75) is 13.1 Å². The van der Waals surface area contributed by atoms with Crippen LogP contribution in [0.2, 0.25) is 0 Å². The summed E-state index contributed by atoms with van der Waals surface area (Å²) in [4.78, 5) is 15.1. The average molecular weight is 290 g/mol. The molecule has 1 atom stereocenters. The zero-order chi connectivity index (χ0) is 14.8. The van der Waals surface area contributed by atoms with Crippen LogP contribution in [0.15, 0.2) is 12.3 Å². The molecule has 0 aliphatic carbocycles. The van der Waals surface area contributed by atoms with Crippen LogP contribution in [0, 0.1) is 5.92 Å². The Morgan fingerprint density at radius 1 is 1.45 bits per heavy atom. The van der Waals surface area contributed by atoms with Gasteiger partial charge in [0.1, 0.15) is 5.69 Å². The van der Waals surface area contributed by atoms with E-state index in [1.807, 2.05) is 6.92 Å². The smallest absolute Gasteiger partial charge is 0.336 e. The third-order valence-electron chi connectivity index (χ3n) is 3.21. The Labute approximate surface area is 114 Å². The van der Waals surface area contributed by atoms with E-state index < -0.39 is 12.7 Å². The second-order valence-electron chi connectivity index (χ2n) is 5.18. The summed E-state index contributed by atoms with van der Waals surface area (Å²) in [6.45, 7) is 2.23. The lowest BCUT2D eigenvalue weighted by molar-refractivity contribution is -0.146. The number of hydrogen-bond acceptors (Lipinski definition) is 3. The SMILES string of the molecule is CC1CN(CC(F)(F)F)CCN(C(=O)c2ccn[nH]2)C1. The van der Waals surface area contributed by atoms with Gasteiger partial charge in [0.15, 0.2) is 0 Å². The highest BCUT2D eigenvalue weighted by atomic mass is 19.4. The summed E-state index contributed by atoms with van der Waals surface area (Å²) in [5.41, 5.74) is 0.362. The van der Waals surface area contributed by atoms with Crippen LogP contribution in [0.1, 0.15) is 17.4 Å². The number of carbonyl (C=O) groups is 1. The molecule has 0 spiro atoms. The molecule has 2 rings (SSSR count). The fourth-order valence-corrected chi connectivity index (χ4v) is 2.45. The minimum absolute atomic E-state index is 0.00767. The molecule has 1 aromatic heterocycles. The summed E-state index contributed by atoms with van der Waals surface area (Å²) >= 11 is 0. The van der Waals surface area contributed by atoms with Crippen molar-refractivity contribution in [2.24, 2.45) is 5.92 Å². The molecule has 1 saturated heterocycles. The van der Waals surface area contributed by atoms with E-state index in [1.165, 1.54) is 11.1 Å². The van der Waals surface area contributed by atoms with Crippen molar-refractivity contribution in [3.8, 4) is 0 Å². The number of amides is 1. The van der Waals surface area contributed by atoms with Crippen molar-refractivity contribution in [3.63, 3.8) is 0 Å². The summed E-state index contributed by atoms with van der Waals surface area (Å²) in [7, 11) is 0. The number of hydrogen-bond donors (Lipinski definition) is 1. The molecule has 1 amide bonds. The number of aromatic amines is 1. The lowest BCUT2D eigenvalue weighted by atomic mass is 10.1. The molecule has 2 heterocycles. The van der Waals surface area contributed by atoms with Crippen LogP contribution in [0.5, 0.6) is 0 Å². The molecular formula is C12H17F3N4O. The minimum atomic E-state index is -4.21. The Morgan fingerprint density at radius 2 is 2.20 bits per heavy atom. The van der Waals surface area contributed by atoms with Crippen molar-refractivity contribution in [1.29, 1.82) is 0 Å². The van der Waals surface area contributed by atoms with E-state index in [0.29, 0.717) is 18.8 Å². The van der Waals surface area contributed by atoms with E-state index in [2.05, 4.69) is 10.2 Å². The van der Waals surface area contributed by atoms with Gasteiger partial charge in [-0.1, -0.05) is 6.92 Å². The maximum atomic E-state index is 12.4. The van der Waals surface area contributed by atoms with Crippen LogP contribution in [0.3, 0.4) is 0 Å². The first-order chi connectivity index (χ1) is 9.35. The number of nitrogens with one attached hydrogen (secondary N) is 1. The third-order valence-corrected chi connectivity index (χ3v) is 3.21. The Kier molecular flexibility index (Phi) is 4.32. The van der Waals surface area contributed by atoms with Gasteiger partial charge in [0, 0.05) is 32.4 Å². The van der Waals surface area contributed by atoms with Crippen molar-refractivity contribution in [1.82, 2.24) is 20.0 Å². The molecule has 112 valence electrons. The Balaban J connectivity index is 2.00. The van der Waals surface area contributed by atoms with Gasteiger partial charge in [0.2, 0.25) is 0 Å². The van der Waals surface area contributed by atoms with E-state index in [0.717, 1.165) is 0 Å². The molecule has 1 unspecified atom stereocenters. The largest absolute Gasteiger partial charge is 0.401 e. The topological polar surface area (TPSA) is 52.2 Å². The molecule has 0 bridgehead atoms. The molecule has 0 saturated carbocycles. The van der Waals surface area contributed by atoms with Crippen LogP contribution in [0.25, 0.3) is 0 Å². The quantitative estimate of drug-likeness (QED) is 0.895. The Bertz CT molecular complexity index is 446. The predicted molar refractivity (Wildman–Crippen MR) is 66.2 cm³/mol. The Morgan fingerprint density at radius 3 is 2.80 bits per heavy atom. The lowest BCUT2D eigenvalue weighted by Crippen LogP contribution is -2.38. The summed E-state index contributed by atoms with van der Waals surface area (Å²) in [6.07, 6.45) is -2.73. The number of H-pyrrole nitrogens is 1. The van der Waals surface area contributed by atoms with Gasteiger partial charge in [-0.2, -0.15) is 18.3 Å². The fourth-order valence-electron chi connectivity index (χ4n) is 2.45. The molecule has 0 aromatic carbocycles. The van der Waals surface area contributed by atoms with Crippen LogP contribution in [0.4, 0.5) is 13.2 Å². The number of nitrogens with zero attached hydrogens (tertiary/aromatic N) is 3. The highest BCUT2D eigenvalue weighted by Crippen LogP contribution is 2.19. The maximum absolute atomic E-state index is 12.4. The van der Waals surface area contributed by atoms with E-state index in [9.17, 15) is 18.0 Å². The molecule has 1 aromatic rings. The second kappa shape index (κ2) is 5.82. The van der Waals surface area contributed by atoms with Gasteiger partial charge in [-0.05, 0) is 12.0 Å². The number of alkyl halides is 3. The lowest BCUT2D eigenvalue weighted by Gasteiger charge is -2.22. The van der Waals surface area contributed by atoms with Gasteiger partial charge >= 0.3 is 6.18 Å². The first-order valence-corrected chi connectivity index (χ1v) is 6.43. The standard InChI is InChI=1S/C12H17F3N4O/c1-9-6-18(8-12(13,14)15)4-5-19(7-9)11(20)10-2-3-16-17-10/h2-3,9H,4-8H2,1H3,(H,16,17). The van der Waals surface area contributed by atoms with Crippen molar-refractivity contribution < 1.29 is 18.0 Å². The summed E-state index contributed by atoms with van der Waals surface area (Å²) in [5, 5.41) is 6.30. The number of rotatable bonds is 2. The van der Waals surface area contributed by atoms with Gasteiger partial charge in [0.05, 0.1) is 6.54 Å². The van der Waals surface area contributed by atoms with Gasteiger partial charge in [-0.15, -0.1) is 0 Å². The second-order valence-corrected chi connectivity index (χ2v) is 5.18. The Hall–Kier alpha value is -1.57. The molecule has 1 fully saturated rings. The number of halogens is 3. The molecule has 0 radical (unpaired) electrons. The normalized spacial score (nSPS) is 21.8. The van der Waals surface area contributed by atoms with Crippen LogP contribution < -0.4 is 0 Å². The van der Waals surface area contributed by atoms with Crippen molar-refractivity contribution in [3.05, 3.63) is 18.0 Å². The molecular weight excluding hydrogens is 273 g/mol. The van der Waals surface area contributed by atoms with Crippen LogP contribution >= 0.6 is 0 Å². The molecule has 1 aliphatic heterocycles. The maximum Gasteiger partial charge on any atom is 0.401 e. The van der Waals surface area contributed by atoms with E-state index in [4.69, 9.17) is 0 Å². The van der Waals surface area contributed by atoms with Crippen molar-refractivity contribution >= 4 is 5.91 Å². The first kappa shape index (κ1) is 14.8.